The van der Waals surface area contributed by atoms with E-state index in [-0.39, 0.29) is 13.0 Å². The van der Waals surface area contributed by atoms with Crippen molar-refractivity contribution in [2.45, 2.75) is 44.9 Å². The van der Waals surface area contributed by atoms with Crippen LogP contribution in [0, 0.1) is 0 Å². The topological polar surface area (TPSA) is 85.3 Å². The van der Waals surface area contributed by atoms with Crippen molar-refractivity contribution >= 4 is 12.1 Å². The molecule has 0 radical (unpaired) electrons. The number of hydrogen-bond donors (Lipinski definition) is 1. The number of esters is 1. The van der Waals surface area contributed by atoms with Gasteiger partial charge in [0, 0.05) is 6.42 Å². The van der Waals surface area contributed by atoms with Gasteiger partial charge < -0.3 is 19.4 Å². The Labute approximate surface area is 106 Å². The van der Waals surface area contributed by atoms with Crippen LogP contribution >= 0.6 is 0 Å². The van der Waals surface area contributed by atoms with E-state index in [4.69, 9.17) is 9.57 Å². The van der Waals surface area contributed by atoms with E-state index in [1.807, 2.05) is 0 Å². The van der Waals surface area contributed by atoms with Crippen molar-refractivity contribution in [2.75, 3.05) is 13.7 Å². The Morgan fingerprint density at radius 3 is 2.44 bits per heavy atom. The van der Waals surface area contributed by atoms with Crippen LogP contribution in [0.15, 0.2) is 0 Å². The number of nitrogens with zero attached hydrogens (tertiary/aromatic N) is 1. The molecule has 1 saturated heterocycles. The second-order valence-electron chi connectivity index (χ2n) is 5.08. The molecule has 7 nitrogen and oxygen atoms in total. The molecule has 2 atom stereocenters. The predicted molar refractivity (Wildman–Crippen MR) is 60.5 cm³/mol. The number of aliphatic hydroxyl groups is 1. The summed E-state index contributed by atoms with van der Waals surface area (Å²) >= 11 is 0. The quantitative estimate of drug-likeness (QED) is 0.723. The van der Waals surface area contributed by atoms with Crippen molar-refractivity contribution < 1.29 is 29.0 Å². The maximum atomic E-state index is 11.5. The zero-order valence-corrected chi connectivity index (χ0v) is 11.0. The van der Waals surface area contributed by atoms with Crippen molar-refractivity contribution in [2.24, 2.45) is 0 Å². The standard InChI is InChI=1S/C11H19NO6/c1-11(2,3)17-10(15)18-12-6-7(13)5-8(12)9(14)16-4/h7-8,13H,5-6H2,1-4H3. The average molecular weight is 261 g/mol. The van der Waals surface area contributed by atoms with Crippen molar-refractivity contribution in [3.8, 4) is 0 Å². The molecule has 0 amide bonds. The van der Waals surface area contributed by atoms with Gasteiger partial charge in [-0.2, -0.15) is 0 Å². The fourth-order valence-electron chi connectivity index (χ4n) is 1.60. The molecule has 2 unspecified atom stereocenters. The number of hydroxylamine groups is 2. The summed E-state index contributed by atoms with van der Waals surface area (Å²) < 4.78 is 9.53. The molecule has 1 N–H and O–H groups in total. The van der Waals surface area contributed by atoms with Gasteiger partial charge in [0.1, 0.15) is 11.6 Å². The van der Waals surface area contributed by atoms with E-state index in [0.29, 0.717) is 0 Å². The summed E-state index contributed by atoms with van der Waals surface area (Å²) in [7, 11) is 1.23. The number of carbonyl (C=O) groups is 2. The Kier molecular flexibility index (Phi) is 4.53. The molecule has 0 aliphatic carbocycles. The van der Waals surface area contributed by atoms with Gasteiger partial charge in [-0.15, -0.1) is 5.06 Å². The lowest BCUT2D eigenvalue weighted by Crippen LogP contribution is -2.39. The molecule has 1 fully saturated rings. The molecule has 0 aromatic heterocycles. The van der Waals surface area contributed by atoms with E-state index in [2.05, 4.69) is 4.74 Å². The highest BCUT2D eigenvalue weighted by Gasteiger charge is 2.40. The molecule has 1 aliphatic heterocycles. The summed E-state index contributed by atoms with van der Waals surface area (Å²) in [4.78, 5) is 27.8. The Morgan fingerprint density at radius 1 is 1.33 bits per heavy atom. The maximum absolute atomic E-state index is 11.5. The molecule has 0 bridgehead atoms. The van der Waals surface area contributed by atoms with Gasteiger partial charge in [0.2, 0.25) is 0 Å². The first-order chi connectivity index (χ1) is 8.23. The van der Waals surface area contributed by atoms with Crippen LogP contribution in [0.1, 0.15) is 27.2 Å². The third-order valence-electron chi connectivity index (χ3n) is 2.29. The van der Waals surface area contributed by atoms with Gasteiger partial charge in [-0.1, -0.05) is 0 Å². The third kappa shape index (κ3) is 4.15. The third-order valence-corrected chi connectivity index (χ3v) is 2.29. The normalized spacial score (nSPS) is 24.7. The Balaban J connectivity index is 2.59. The lowest BCUT2D eigenvalue weighted by molar-refractivity contribution is -0.176. The second kappa shape index (κ2) is 5.53. The number of β-amino-alcohol motifs (C(OH)–C–C–N with tert-alkyl or cyclic N) is 1. The maximum Gasteiger partial charge on any atom is 0.528 e. The van der Waals surface area contributed by atoms with Crippen LogP contribution in [0.3, 0.4) is 0 Å². The summed E-state index contributed by atoms with van der Waals surface area (Å²) in [5.41, 5.74) is -0.684. The number of ether oxygens (including phenoxy) is 2. The first-order valence-electron chi connectivity index (χ1n) is 5.66. The molecule has 1 rings (SSSR count). The molecule has 18 heavy (non-hydrogen) atoms. The molecule has 104 valence electrons. The van der Waals surface area contributed by atoms with Gasteiger partial charge >= 0.3 is 12.1 Å². The van der Waals surface area contributed by atoms with E-state index >= 15 is 0 Å². The first kappa shape index (κ1) is 14.7. The van der Waals surface area contributed by atoms with Gasteiger partial charge in [-0.25, -0.2) is 4.79 Å². The summed E-state index contributed by atoms with van der Waals surface area (Å²) in [6.07, 6.45) is -1.49. The Morgan fingerprint density at radius 2 is 1.94 bits per heavy atom. The minimum atomic E-state index is -0.912. The fraction of sp³-hybridized carbons (Fsp3) is 0.818. The predicted octanol–water partition coefficient (Wildman–Crippen LogP) is 0.461. The Bertz CT molecular complexity index is 324. The molecule has 0 spiro atoms. The van der Waals surface area contributed by atoms with Crippen LogP contribution in [0.2, 0.25) is 0 Å². The largest absolute Gasteiger partial charge is 0.528 e. The summed E-state index contributed by atoms with van der Waals surface area (Å²) in [6, 6.07) is -0.794. The van der Waals surface area contributed by atoms with Gasteiger partial charge in [-0.05, 0) is 20.8 Å². The highest BCUT2D eigenvalue weighted by atomic mass is 16.8. The average Bonchev–Trinajstić information content (AvgIpc) is 2.55. The van der Waals surface area contributed by atoms with Crippen molar-refractivity contribution in [3.05, 3.63) is 0 Å². The van der Waals surface area contributed by atoms with E-state index < -0.39 is 29.9 Å². The van der Waals surface area contributed by atoms with Crippen LogP contribution in [0.5, 0.6) is 0 Å². The zero-order chi connectivity index (χ0) is 13.9. The second-order valence-corrected chi connectivity index (χ2v) is 5.08. The van der Waals surface area contributed by atoms with Crippen molar-refractivity contribution in [3.63, 3.8) is 0 Å². The van der Waals surface area contributed by atoms with Gasteiger partial charge in [0.15, 0.2) is 0 Å². The van der Waals surface area contributed by atoms with E-state index in [1.54, 1.807) is 20.8 Å². The molecule has 0 aromatic carbocycles. The highest BCUT2D eigenvalue weighted by molar-refractivity contribution is 5.76. The molecule has 1 aliphatic rings. The fourth-order valence-corrected chi connectivity index (χ4v) is 1.60. The number of hydrogen-bond acceptors (Lipinski definition) is 7. The molecular formula is C11H19NO6. The molecule has 7 heteroatoms. The minimum Gasteiger partial charge on any atom is -0.468 e. The minimum absolute atomic E-state index is 0.0546. The van der Waals surface area contributed by atoms with Gasteiger partial charge in [0.05, 0.1) is 19.8 Å². The van der Waals surface area contributed by atoms with E-state index in [0.717, 1.165) is 5.06 Å². The zero-order valence-electron chi connectivity index (χ0n) is 11.0. The number of methoxy groups -OCH3 is 1. The van der Waals surface area contributed by atoms with Gasteiger partial charge in [-0.3, -0.25) is 4.79 Å². The van der Waals surface area contributed by atoms with Crippen LogP contribution in [0.25, 0.3) is 0 Å². The van der Waals surface area contributed by atoms with Crippen LogP contribution in [-0.4, -0.2) is 53.7 Å². The first-order valence-corrected chi connectivity index (χ1v) is 5.66. The highest BCUT2D eigenvalue weighted by Crippen LogP contribution is 2.20. The van der Waals surface area contributed by atoms with Crippen molar-refractivity contribution in [1.82, 2.24) is 5.06 Å². The lowest BCUT2D eigenvalue weighted by Gasteiger charge is -2.24. The van der Waals surface area contributed by atoms with E-state index in [1.165, 1.54) is 7.11 Å². The monoisotopic (exact) mass is 261 g/mol. The summed E-state index contributed by atoms with van der Waals surface area (Å²) in [5.74, 6) is -0.560. The number of aliphatic hydroxyl groups excluding tert-OH is 1. The summed E-state index contributed by atoms with van der Waals surface area (Å²) in [6.45, 7) is 5.15. The van der Waals surface area contributed by atoms with E-state index in [9.17, 15) is 14.7 Å². The van der Waals surface area contributed by atoms with Crippen molar-refractivity contribution in [1.29, 1.82) is 0 Å². The molecule has 1 heterocycles. The van der Waals surface area contributed by atoms with Crippen LogP contribution < -0.4 is 0 Å². The number of carbonyl (C=O) groups excluding carboxylic acids is 2. The smallest absolute Gasteiger partial charge is 0.468 e. The SMILES string of the molecule is COC(=O)C1CC(O)CN1OC(=O)OC(C)(C)C. The van der Waals surface area contributed by atoms with Crippen LogP contribution in [-0.2, 0) is 19.1 Å². The number of rotatable bonds is 2. The van der Waals surface area contributed by atoms with Gasteiger partial charge in [0.25, 0.3) is 0 Å². The molecule has 0 saturated carbocycles. The lowest BCUT2D eigenvalue weighted by atomic mass is 10.2. The molecular weight excluding hydrogens is 242 g/mol. The molecule has 0 aromatic rings. The van der Waals surface area contributed by atoms with Crippen LogP contribution in [0.4, 0.5) is 4.79 Å². The summed E-state index contributed by atoms with van der Waals surface area (Å²) in [5, 5.41) is 10.6. The Hall–Kier alpha value is -1.34.